The second-order valence-corrected chi connectivity index (χ2v) is 14.3. The first-order chi connectivity index (χ1) is 22.4. The van der Waals surface area contributed by atoms with Crippen LogP contribution in [0.4, 0.5) is 0 Å². The first-order valence-corrected chi connectivity index (χ1v) is 15.9. The predicted molar refractivity (Wildman–Crippen MR) is 191 cm³/mol. The van der Waals surface area contributed by atoms with Gasteiger partial charge >= 0.3 is 0 Å². The van der Waals surface area contributed by atoms with Crippen molar-refractivity contribution >= 4 is 21.9 Å². The Morgan fingerprint density at radius 3 is 2.17 bits per heavy atom. The van der Waals surface area contributed by atoms with Crippen LogP contribution in [0.5, 0.6) is 5.75 Å². The van der Waals surface area contributed by atoms with E-state index in [0.717, 1.165) is 49.9 Å². The average Bonchev–Trinajstić information content (AvgIpc) is 3.44. The van der Waals surface area contributed by atoms with Gasteiger partial charge in [-0.1, -0.05) is 89.1 Å². The van der Waals surface area contributed by atoms with Gasteiger partial charge in [0.15, 0.2) is 0 Å². The van der Waals surface area contributed by atoms with Gasteiger partial charge in [-0.15, -0.1) is 17.7 Å². The van der Waals surface area contributed by atoms with Crippen molar-refractivity contribution in [3.05, 3.63) is 120 Å². The number of aryl methyl sites for hydroxylation is 1. The van der Waals surface area contributed by atoms with E-state index in [1.165, 1.54) is 17.3 Å². The number of pyridine rings is 3. The molecule has 6 nitrogen and oxygen atoms in total. The van der Waals surface area contributed by atoms with Crippen molar-refractivity contribution in [3.63, 3.8) is 0 Å². The molecule has 0 saturated carbocycles. The maximum absolute atomic E-state index is 10.8. The van der Waals surface area contributed by atoms with E-state index in [0.29, 0.717) is 17.1 Å². The third-order valence-electron chi connectivity index (χ3n) is 8.75. The number of fused-ring (bicyclic) bond motifs is 2. The molecule has 0 aliphatic rings. The summed E-state index contributed by atoms with van der Waals surface area (Å²) >= 11 is 0. The van der Waals surface area contributed by atoms with Crippen molar-refractivity contribution in [1.82, 2.24) is 24.5 Å². The smallest absolute Gasteiger partial charge is 0.141 e. The molecule has 0 bridgehead atoms. The number of rotatable bonds is 4. The first-order valence-electron chi connectivity index (χ1n) is 15.9. The first kappa shape index (κ1) is 33.2. The number of imidazole rings is 1. The number of hydrogen-bond acceptors (Lipinski definition) is 5. The fraction of sp³-hybridized carbons (Fsp3) is 0.220. The zero-order valence-electron chi connectivity index (χ0n) is 28.2. The summed E-state index contributed by atoms with van der Waals surface area (Å²) in [5.41, 5.74) is 11.1. The Kier molecular flexibility index (Phi) is 8.59. The van der Waals surface area contributed by atoms with Crippen molar-refractivity contribution < 1.29 is 26.2 Å². The number of para-hydroxylation sites is 1. The van der Waals surface area contributed by atoms with E-state index < -0.39 is 0 Å². The van der Waals surface area contributed by atoms with Crippen LogP contribution in [0, 0.1) is 13.0 Å². The minimum absolute atomic E-state index is 0. The van der Waals surface area contributed by atoms with Crippen LogP contribution in [0.15, 0.2) is 97.6 Å². The number of benzene rings is 3. The van der Waals surface area contributed by atoms with Gasteiger partial charge in [0.25, 0.3) is 0 Å². The van der Waals surface area contributed by atoms with E-state index in [-0.39, 0.29) is 37.6 Å². The molecule has 1 N–H and O–H groups in total. The molecular formula is C41H38N5OPt-. The maximum atomic E-state index is 10.8. The minimum Gasteiger partial charge on any atom is -0.506 e. The van der Waals surface area contributed by atoms with Gasteiger partial charge in [0.05, 0.1) is 23.1 Å². The minimum atomic E-state index is -0.0509. The Labute approximate surface area is 296 Å². The summed E-state index contributed by atoms with van der Waals surface area (Å²) in [7, 11) is 0. The molecule has 4 aromatic heterocycles. The standard InChI is InChI=1S/C41H38N5O.Pt/c1-25-19-27-20-29(41(5,6)7)22-33(37(27)44-23-25)26-15-18-43-34(21-26)39-45-38-32(31-16-17-42-24-36(31)47)9-8-10-35(38)46(39)30-13-11-28(12-14-30)40(2,3)4;/h8-20,22-24,47H,1-7H3;/q-1;. The molecule has 0 saturated heterocycles. The van der Waals surface area contributed by atoms with Crippen molar-refractivity contribution in [2.45, 2.75) is 59.3 Å². The van der Waals surface area contributed by atoms with Crippen LogP contribution >= 0.6 is 0 Å². The zero-order chi connectivity index (χ0) is 33.1. The van der Waals surface area contributed by atoms with Crippen LogP contribution in [0.1, 0.15) is 58.2 Å². The molecule has 0 radical (unpaired) electrons. The molecule has 4 heterocycles. The third kappa shape index (κ3) is 6.06. The molecule has 0 unspecified atom stereocenters. The SMILES string of the molecule is Cc1cnc2c(-c3[c-]c(-c4nc5c(-c6ccncc6O)cccc5n4-c4ccc(C(C)(C)C)cc4)ncc3)cc(C(C)(C)C)cc2c1.[Pt]. The van der Waals surface area contributed by atoms with Crippen LogP contribution in [0.3, 0.4) is 0 Å². The van der Waals surface area contributed by atoms with Gasteiger partial charge in [0.2, 0.25) is 0 Å². The van der Waals surface area contributed by atoms with Gasteiger partial charge in [-0.2, -0.15) is 0 Å². The summed E-state index contributed by atoms with van der Waals surface area (Å²) in [6.07, 6.45) is 6.89. The second kappa shape index (κ2) is 12.4. The van der Waals surface area contributed by atoms with Crippen LogP contribution in [-0.4, -0.2) is 29.6 Å². The summed E-state index contributed by atoms with van der Waals surface area (Å²) in [4.78, 5) is 19.0. The van der Waals surface area contributed by atoms with Crippen molar-refractivity contribution in [2.75, 3.05) is 0 Å². The van der Waals surface area contributed by atoms with E-state index in [4.69, 9.17) is 15.0 Å². The second-order valence-electron chi connectivity index (χ2n) is 14.3. The Hall–Kier alpha value is -4.67. The number of hydrogen-bond donors (Lipinski definition) is 1. The molecule has 244 valence electrons. The van der Waals surface area contributed by atoms with Gasteiger partial charge in [-0.3, -0.25) is 19.9 Å². The summed E-state index contributed by atoms with van der Waals surface area (Å²) in [5.74, 6) is 0.761. The van der Waals surface area contributed by atoms with Gasteiger partial charge in [-0.05, 0) is 70.8 Å². The molecule has 3 aromatic carbocycles. The maximum Gasteiger partial charge on any atom is 0.141 e. The van der Waals surface area contributed by atoms with Crippen molar-refractivity contribution in [3.8, 4) is 45.2 Å². The fourth-order valence-electron chi connectivity index (χ4n) is 6.12. The molecule has 48 heavy (non-hydrogen) atoms. The van der Waals surface area contributed by atoms with Gasteiger partial charge in [-0.25, -0.2) is 0 Å². The summed E-state index contributed by atoms with van der Waals surface area (Å²) in [5, 5.41) is 11.9. The summed E-state index contributed by atoms with van der Waals surface area (Å²) in [6.45, 7) is 15.4. The Morgan fingerprint density at radius 1 is 0.708 bits per heavy atom. The quantitative estimate of drug-likeness (QED) is 0.179. The molecule has 7 rings (SSSR count). The fourth-order valence-corrected chi connectivity index (χ4v) is 6.12. The third-order valence-corrected chi connectivity index (χ3v) is 8.75. The van der Waals surface area contributed by atoms with Crippen LogP contribution in [-0.2, 0) is 31.9 Å². The molecule has 0 atom stereocenters. The molecular weight excluding hydrogens is 774 g/mol. The van der Waals surface area contributed by atoms with Crippen molar-refractivity contribution in [1.29, 1.82) is 0 Å². The molecule has 0 aliphatic heterocycles. The van der Waals surface area contributed by atoms with Gasteiger partial charge < -0.3 is 9.67 Å². The number of aromatic nitrogens is 5. The molecule has 0 aliphatic carbocycles. The van der Waals surface area contributed by atoms with Crippen LogP contribution in [0.2, 0.25) is 0 Å². The summed E-state index contributed by atoms with van der Waals surface area (Å²) in [6, 6.07) is 28.8. The van der Waals surface area contributed by atoms with Gasteiger partial charge in [0.1, 0.15) is 5.75 Å². The molecule has 7 aromatic rings. The summed E-state index contributed by atoms with van der Waals surface area (Å²) < 4.78 is 2.14. The number of aromatic hydroxyl groups is 1. The molecule has 0 fully saturated rings. The predicted octanol–water partition coefficient (Wildman–Crippen LogP) is 9.77. The normalized spacial score (nSPS) is 12.0. The van der Waals surface area contributed by atoms with E-state index in [1.54, 1.807) is 6.20 Å². The van der Waals surface area contributed by atoms with Gasteiger partial charge in [0, 0.05) is 61.5 Å². The zero-order valence-corrected chi connectivity index (χ0v) is 30.5. The Balaban J connectivity index is 0.00000401. The Bertz CT molecular complexity index is 2290. The number of nitrogens with zero attached hydrogens (tertiary/aromatic N) is 5. The van der Waals surface area contributed by atoms with Crippen LogP contribution < -0.4 is 0 Å². The molecule has 0 spiro atoms. The van der Waals surface area contributed by atoms with E-state index in [9.17, 15) is 5.11 Å². The van der Waals surface area contributed by atoms with E-state index in [2.05, 4.69) is 113 Å². The largest absolute Gasteiger partial charge is 0.506 e. The molecule has 7 heteroatoms. The van der Waals surface area contributed by atoms with E-state index in [1.807, 2.05) is 36.7 Å². The monoisotopic (exact) mass is 811 g/mol. The topological polar surface area (TPSA) is 76.7 Å². The van der Waals surface area contributed by atoms with Crippen LogP contribution in [0.25, 0.3) is 61.4 Å². The average molecular weight is 812 g/mol. The van der Waals surface area contributed by atoms with E-state index >= 15 is 0 Å². The van der Waals surface area contributed by atoms with Crippen molar-refractivity contribution in [2.24, 2.45) is 0 Å². The molecule has 0 amide bonds. The Morgan fingerprint density at radius 2 is 1.46 bits per heavy atom.